The Hall–Kier alpha value is -1.63. The van der Waals surface area contributed by atoms with E-state index >= 15 is 0 Å². The van der Waals surface area contributed by atoms with Gasteiger partial charge in [-0.3, -0.25) is 14.4 Å². The third kappa shape index (κ3) is 5.56. The molecule has 1 rings (SSSR count). The van der Waals surface area contributed by atoms with Crippen LogP contribution < -0.4 is 10.9 Å². The van der Waals surface area contributed by atoms with Crippen molar-refractivity contribution in [3.05, 3.63) is 33.2 Å². The molecular formula is C13H17BrN2O4. The summed E-state index contributed by atoms with van der Waals surface area (Å²) in [5.74, 6) is -1.24. The Labute approximate surface area is 124 Å². The molecule has 1 heterocycles. The summed E-state index contributed by atoms with van der Waals surface area (Å²) in [4.78, 5) is 34.0. The molecule has 6 nitrogen and oxygen atoms in total. The molecule has 0 aliphatic carbocycles. The number of halogens is 1. The number of pyridine rings is 1. The van der Waals surface area contributed by atoms with Crippen LogP contribution in [-0.4, -0.2) is 27.1 Å². The Balaban J connectivity index is 2.65. The van der Waals surface area contributed by atoms with Crippen molar-refractivity contribution in [1.82, 2.24) is 9.88 Å². The summed E-state index contributed by atoms with van der Waals surface area (Å²) in [6.45, 7) is 3.39. The largest absolute Gasteiger partial charge is 0.481 e. The smallest absolute Gasteiger partial charge is 0.303 e. The van der Waals surface area contributed by atoms with Crippen molar-refractivity contribution in [2.45, 2.75) is 38.8 Å². The number of carbonyl (C=O) groups excluding carboxylic acids is 1. The lowest BCUT2D eigenvalue weighted by Gasteiger charge is -2.25. The van der Waals surface area contributed by atoms with E-state index in [-0.39, 0.29) is 24.4 Å². The van der Waals surface area contributed by atoms with Gasteiger partial charge in [0.2, 0.25) is 5.91 Å². The molecule has 110 valence electrons. The molecule has 0 spiro atoms. The van der Waals surface area contributed by atoms with E-state index in [1.165, 1.54) is 16.8 Å². The summed E-state index contributed by atoms with van der Waals surface area (Å²) in [7, 11) is 0. The van der Waals surface area contributed by atoms with Gasteiger partial charge in [0.1, 0.15) is 6.54 Å². The number of rotatable bonds is 6. The number of amides is 1. The Morgan fingerprint density at radius 3 is 2.65 bits per heavy atom. The molecule has 7 heteroatoms. The molecule has 1 amide bonds. The molecule has 0 aliphatic rings. The molecule has 0 bridgehead atoms. The lowest BCUT2D eigenvalue weighted by atomic mass is 9.98. The lowest BCUT2D eigenvalue weighted by molar-refractivity contribution is -0.137. The monoisotopic (exact) mass is 344 g/mol. The van der Waals surface area contributed by atoms with Crippen molar-refractivity contribution in [2.24, 2.45) is 0 Å². The molecule has 2 N–H and O–H groups in total. The molecule has 20 heavy (non-hydrogen) atoms. The summed E-state index contributed by atoms with van der Waals surface area (Å²) in [6, 6.07) is 2.97. The Morgan fingerprint density at radius 2 is 2.05 bits per heavy atom. The number of hydrogen-bond donors (Lipinski definition) is 2. The second-order valence-electron chi connectivity index (χ2n) is 5.14. The van der Waals surface area contributed by atoms with Crippen molar-refractivity contribution in [2.75, 3.05) is 0 Å². The molecular weight excluding hydrogens is 328 g/mol. The minimum atomic E-state index is -0.907. The van der Waals surface area contributed by atoms with E-state index in [1.807, 2.05) is 0 Å². The summed E-state index contributed by atoms with van der Waals surface area (Å²) in [6.07, 6.45) is 1.83. The predicted octanol–water partition coefficient (Wildman–Crippen LogP) is 1.37. The van der Waals surface area contributed by atoms with Gasteiger partial charge in [0, 0.05) is 28.7 Å². The SMILES string of the molecule is CC(C)(CCC(=O)O)NC(=O)Cn1cc(Br)ccc1=O. The number of nitrogens with one attached hydrogen (secondary N) is 1. The van der Waals surface area contributed by atoms with E-state index in [0.29, 0.717) is 10.9 Å². The third-order valence-corrected chi connectivity index (χ3v) is 3.17. The molecule has 0 saturated heterocycles. The molecule has 0 aliphatic heterocycles. The van der Waals surface area contributed by atoms with Gasteiger partial charge in [0.15, 0.2) is 0 Å². The molecule has 0 fully saturated rings. The quantitative estimate of drug-likeness (QED) is 0.815. The van der Waals surface area contributed by atoms with E-state index in [2.05, 4.69) is 21.2 Å². The first-order valence-corrected chi connectivity index (χ1v) is 6.88. The van der Waals surface area contributed by atoms with Crippen molar-refractivity contribution in [3.8, 4) is 0 Å². The minimum Gasteiger partial charge on any atom is -0.481 e. The zero-order valence-electron chi connectivity index (χ0n) is 11.4. The van der Waals surface area contributed by atoms with Crippen LogP contribution in [0.2, 0.25) is 0 Å². The number of carboxylic acids is 1. The van der Waals surface area contributed by atoms with Crippen LogP contribution in [0, 0.1) is 0 Å². The highest BCUT2D eigenvalue weighted by Gasteiger charge is 2.21. The fourth-order valence-electron chi connectivity index (χ4n) is 1.68. The highest BCUT2D eigenvalue weighted by atomic mass is 79.9. The van der Waals surface area contributed by atoms with Crippen molar-refractivity contribution < 1.29 is 14.7 Å². The Kier molecular flexibility index (Phi) is 5.50. The van der Waals surface area contributed by atoms with Gasteiger partial charge in [-0.1, -0.05) is 0 Å². The second-order valence-corrected chi connectivity index (χ2v) is 6.05. The number of carboxylic acid groups (broad SMARTS) is 1. The number of nitrogens with zero attached hydrogens (tertiary/aromatic N) is 1. The van der Waals surface area contributed by atoms with Crippen molar-refractivity contribution in [3.63, 3.8) is 0 Å². The Bertz CT molecular complexity index is 566. The molecule has 1 aromatic rings. The third-order valence-electron chi connectivity index (χ3n) is 2.70. The summed E-state index contributed by atoms with van der Waals surface area (Å²) < 4.78 is 1.99. The average molecular weight is 345 g/mol. The van der Waals surface area contributed by atoms with Crippen LogP contribution in [0.15, 0.2) is 27.6 Å². The van der Waals surface area contributed by atoms with Crippen LogP contribution in [0.5, 0.6) is 0 Å². The maximum atomic E-state index is 11.9. The van der Waals surface area contributed by atoms with Crippen LogP contribution in [0.25, 0.3) is 0 Å². The first-order chi connectivity index (χ1) is 9.19. The Morgan fingerprint density at radius 1 is 1.40 bits per heavy atom. The van der Waals surface area contributed by atoms with Gasteiger partial charge < -0.3 is 15.0 Å². The van der Waals surface area contributed by atoms with E-state index in [1.54, 1.807) is 19.9 Å². The van der Waals surface area contributed by atoms with Gasteiger partial charge >= 0.3 is 5.97 Å². The number of hydrogen-bond acceptors (Lipinski definition) is 3. The maximum Gasteiger partial charge on any atom is 0.303 e. The van der Waals surface area contributed by atoms with E-state index in [9.17, 15) is 14.4 Å². The van der Waals surface area contributed by atoms with Crippen molar-refractivity contribution >= 4 is 27.8 Å². The van der Waals surface area contributed by atoms with E-state index in [0.717, 1.165) is 0 Å². The van der Waals surface area contributed by atoms with Crippen LogP contribution in [0.1, 0.15) is 26.7 Å². The lowest BCUT2D eigenvalue weighted by Crippen LogP contribution is -2.45. The van der Waals surface area contributed by atoms with Gasteiger partial charge in [-0.25, -0.2) is 0 Å². The van der Waals surface area contributed by atoms with Gasteiger partial charge in [-0.05, 0) is 42.3 Å². The fraction of sp³-hybridized carbons (Fsp3) is 0.462. The van der Waals surface area contributed by atoms with Gasteiger partial charge in [0.05, 0.1) is 0 Å². The normalized spacial score (nSPS) is 11.2. The summed E-state index contributed by atoms with van der Waals surface area (Å²) in [5.41, 5.74) is -0.905. The molecule has 0 aromatic carbocycles. The van der Waals surface area contributed by atoms with Crippen LogP contribution in [0.3, 0.4) is 0 Å². The topological polar surface area (TPSA) is 88.4 Å². The van der Waals surface area contributed by atoms with E-state index in [4.69, 9.17) is 5.11 Å². The van der Waals surface area contributed by atoms with E-state index < -0.39 is 11.5 Å². The van der Waals surface area contributed by atoms with Crippen LogP contribution >= 0.6 is 15.9 Å². The van der Waals surface area contributed by atoms with Crippen molar-refractivity contribution in [1.29, 1.82) is 0 Å². The van der Waals surface area contributed by atoms with Gasteiger partial charge in [0.25, 0.3) is 5.56 Å². The highest BCUT2D eigenvalue weighted by molar-refractivity contribution is 9.10. The second kappa shape index (κ2) is 6.69. The first kappa shape index (κ1) is 16.4. The predicted molar refractivity (Wildman–Crippen MR) is 77.5 cm³/mol. The molecule has 0 atom stereocenters. The van der Waals surface area contributed by atoms with Crippen LogP contribution in [0.4, 0.5) is 0 Å². The number of aromatic nitrogens is 1. The standard InChI is InChI=1S/C13H17BrN2O4/c1-13(2,6-5-12(19)20)15-10(17)8-16-7-9(14)3-4-11(16)18/h3-4,7H,5-6,8H2,1-2H3,(H,15,17)(H,19,20). The van der Waals surface area contributed by atoms with Gasteiger partial charge in [-0.15, -0.1) is 0 Å². The molecule has 0 saturated carbocycles. The van der Waals surface area contributed by atoms with Crippen LogP contribution in [-0.2, 0) is 16.1 Å². The number of carbonyl (C=O) groups is 2. The maximum absolute atomic E-state index is 11.9. The molecule has 0 radical (unpaired) electrons. The molecule has 1 aromatic heterocycles. The number of aliphatic carboxylic acids is 1. The summed E-state index contributed by atoms with van der Waals surface area (Å²) >= 11 is 3.23. The van der Waals surface area contributed by atoms with Gasteiger partial charge in [-0.2, -0.15) is 0 Å². The summed E-state index contributed by atoms with van der Waals surface area (Å²) in [5, 5.41) is 11.4. The first-order valence-electron chi connectivity index (χ1n) is 6.08. The minimum absolute atomic E-state index is 0.0237. The zero-order valence-corrected chi connectivity index (χ0v) is 12.9. The average Bonchev–Trinajstić information content (AvgIpc) is 2.31. The fourth-order valence-corrected chi connectivity index (χ4v) is 2.06. The highest BCUT2D eigenvalue weighted by Crippen LogP contribution is 2.11. The zero-order chi connectivity index (χ0) is 15.3. The molecule has 0 unspecified atom stereocenters.